The van der Waals surface area contributed by atoms with E-state index in [-0.39, 0.29) is 0 Å². The molecule has 20 heavy (non-hydrogen) atoms. The third-order valence-electron chi connectivity index (χ3n) is 3.01. The van der Waals surface area contributed by atoms with Crippen molar-refractivity contribution < 1.29 is 4.74 Å². The predicted octanol–water partition coefficient (Wildman–Crippen LogP) is 3.01. The van der Waals surface area contributed by atoms with E-state index in [0.29, 0.717) is 0 Å². The summed E-state index contributed by atoms with van der Waals surface area (Å²) in [5, 5.41) is 6.76. The van der Waals surface area contributed by atoms with Crippen molar-refractivity contribution in [3.8, 4) is 0 Å². The second-order valence-corrected chi connectivity index (χ2v) is 4.72. The van der Waals surface area contributed by atoms with Gasteiger partial charge >= 0.3 is 0 Å². The van der Waals surface area contributed by atoms with Gasteiger partial charge in [-0.3, -0.25) is 0 Å². The van der Waals surface area contributed by atoms with Crippen molar-refractivity contribution in [2.24, 2.45) is 0 Å². The Hall–Kier alpha value is -1.36. The molecule has 1 aromatic heterocycles. The molecule has 1 rings (SSSR count). The standard InChI is InChI=1S/C15H28N4O/c1-5-9-16-14-12(4)15(19-13(6-2)18-14)17-10-8-11-20-7-3/h5-11H2,1-4H3,(H2,16,17,18,19). The van der Waals surface area contributed by atoms with E-state index in [2.05, 4.69) is 41.4 Å². The van der Waals surface area contributed by atoms with E-state index >= 15 is 0 Å². The summed E-state index contributed by atoms with van der Waals surface area (Å²) in [5.41, 5.74) is 1.09. The van der Waals surface area contributed by atoms with Gasteiger partial charge in [0.05, 0.1) is 0 Å². The summed E-state index contributed by atoms with van der Waals surface area (Å²) in [6.07, 6.45) is 2.91. The van der Waals surface area contributed by atoms with Gasteiger partial charge in [-0.25, -0.2) is 9.97 Å². The molecule has 0 spiro atoms. The summed E-state index contributed by atoms with van der Waals surface area (Å²) < 4.78 is 5.34. The first kappa shape index (κ1) is 16.7. The normalized spacial score (nSPS) is 10.6. The maximum atomic E-state index is 5.34. The van der Waals surface area contributed by atoms with Gasteiger partial charge in [-0.15, -0.1) is 0 Å². The van der Waals surface area contributed by atoms with Gasteiger partial charge in [0, 0.05) is 38.3 Å². The summed E-state index contributed by atoms with van der Waals surface area (Å²) in [6, 6.07) is 0. The number of nitrogens with one attached hydrogen (secondary N) is 2. The highest BCUT2D eigenvalue weighted by atomic mass is 16.5. The summed E-state index contributed by atoms with van der Waals surface area (Å²) in [4.78, 5) is 9.13. The molecule has 0 amide bonds. The number of hydrogen-bond donors (Lipinski definition) is 2. The van der Waals surface area contributed by atoms with Crippen LogP contribution in [0.1, 0.15) is 45.0 Å². The Kier molecular flexibility index (Phi) is 7.95. The summed E-state index contributed by atoms with van der Waals surface area (Å²) in [5.74, 6) is 2.76. The lowest BCUT2D eigenvalue weighted by Gasteiger charge is -2.14. The summed E-state index contributed by atoms with van der Waals surface area (Å²) in [7, 11) is 0. The third kappa shape index (κ3) is 5.33. The molecular formula is C15H28N4O. The second-order valence-electron chi connectivity index (χ2n) is 4.72. The van der Waals surface area contributed by atoms with Crippen LogP contribution < -0.4 is 10.6 Å². The number of ether oxygens (including phenoxy) is 1. The number of hydrogen-bond acceptors (Lipinski definition) is 5. The average molecular weight is 280 g/mol. The Morgan fingerprint density at radius 2 is 1.65 bits per heavy atom. The van der Waals surface area contributed by atoms with Crippen LogP contribution in [0.4, 0.5) is 11.6 Å². The average Bonchev–Trinajstić information content (AvgIpc) is 2.47. The van der Waals surface area contributed by atoms with Crippen LogP contribution in [0.2, 0.25) is 0 Å². The molecule has 1 aromatic rings. The molecule has 1 heterocycles. The molecule has 0 bridgehead atoms. The molecule has 114 valence electrons. The van der Waals surface area contributed by atoms with Crippen molar-refractivity contribution in [3.05, 3.63) is 11.4 Å². The van der Waals surface area contributed by atoms with Gasteiger partial charge in [0.25, 0.3) is 0 Å². The zero-order chi connectivity index (χ0) is 14.8. The minimum absolute atomic E-state index is 0.775. The second kappa shape index (κ2) is 9.53. The fourth-order valence-electron chi connectivity index (χ4n) is 1.83. The minimum atomic E-state index is 0.775. The fourth-order valence-corrected chi connectivity index (χ4v) is 1.83. The monoisotopic (exact) mass is 280 g/mol. The molecule has 0 atom stereocenters. The van der Waals surface area contributed by atoms with Gasteiger partial charge in [-0.2, -0.15) is 0 Å². The summed E-state index contributed by atoms with van der Waals surface area (Å²) >= 11 is 0. The molecule has 0 saturated carbocycles. The number of rotatable bonds is 10. The van der Waals surface area contributed by atoms with E-state index in [4.69, 9.17) is 4.74 Å². The first-order chi connectivity index (χ1) is 9.72. The molecule has 5 nitrogen and oxygen atoms in total. The molecule has 2 N–H and O–H groups in total. The first-order valence-corrected chi connectivity index (χ1v) is 7.65. The van der Waals surface area contributed by atoms with Crippen molar-refractivity contribution in [3.63, 3.8) is 0 Å². The highest BCUT2D eigenvalue weighted by Gasteiger charge is 2.09. The van der Waals surface area contributed by atoms with Crippen LogP contribution in [0.15, 0.2) is 0 Å². The van der Waals surface area contributed by atoms with Crippen LogP contribution in [-0.2, 0) is 11.2 Å². The van der Waals surface area contributed by atoms with E-state index in [0.717, 1.165) is 68.6 Å². The molecule has 0 saturated heterocycles. The van der Waals surface area contributed by atoms with E-state index in [1.807, 2.05) is 6.92 Å². The molecule has 0 aliphatic rings. The van der Waals surface area contributed by atoms with E-state index in [1.165, 1.54) is 0 Å². The number of aromatic nitrogens is 2. The Bertz CT molecular complexity index is 396. The highest BCUT2D eigenvalue weighted by Crippen LogP contribution is 2.20. The van der Waals surface area contributed by atoms with Gasteiger partial charge in [-0.05, 0) is 26.7 Å². The van der Waals surface area contributed by atoms with Gasteiger partial charge in [0.15, 0.2) is 0 Å². The van der Waals surface area contributed by atoms with Crippen molar-refractivity contribution in [2.75, 3.05) is 36.9 Å². The molecule has 0 unspecified atom stereocenters. The van der Waals surface area contributed by atoms with Gasteiger partial charge < -0.3 is 15.4 Å². The van der Waals surface area contributed by atoms with E-state index in [1.54, 1.807) is 0 Å². The third-order valence-corrected chi connectivity index (χ3v) is 3.01. The van der Waals surface area contributed by atoms with Crippen LogP contribution >= 0.6 is 0 Å². The minimum Gasteiger partial charge on any atom is -0.382 e. The molecule has 0 aliphatic carbocycles. The van der Waals surface area contributed by atoms with Crippen LogP contribution in [-0.4, -0.2) is 36.3 Å². The van der Waals surface area contributed by atoms with Crippen LogP contribution in [0, 0.1) is 6.92 Å². The Labute approximate surface area is 122 Å². The van der Waals surface area contributed by atoms with Gasteiger partial charge in [0.1, 0.15) is 17.5 Å². The topological polar surface area (TPSA) is 59.1 Å². The van der Waals surface area contributed by atoms with Gasteiger partial charge in [-0.1, -0.05) is 13.8 Å². The molecule has 0 radical (unpaired) electrons. The Morgan fingerprint density at radius 1 is 1.00 bits per heavy atom. The lowest BCUT2D eigenvalue weighted by molar-refractivity contribution is 0.147. The highest BCUT2D eigenvalue weighted by molar-refractivity contribution is 5.57. The fraction of sp³-hybridized carbons (Fsp3) is 0.733. The largest absolute Gasteiger partial charge is 0.382 e. The lowest BCUT2D eigenvalue weighted by atomic mass is 10.2. The van der Waals surface area contributed by atoms with E-state index < -0.39 is 0 Å². The number of nitrogens with zero attached hydrogens (tertiary/aromatic N) is 2. The zero-order valence-electron chi connectivity index (χ0n) is 13.3. The van der Waals surface area contributed by atoms with Crippen LogP contribution in [0.25, 0.3) is 0 Å². The molecule has 0 fully saturated rings. The maximum Gasteiger partial charge on any atom is 0.134 e. The zero-order valence-corrected chi connectivity index (χ0v) is 13.3. The smallest absolute Gasteiger partial charge is 0.134 e. The van der Waals surface area contributed by atoms with Crippen molar-refractivity contribution >= 4 is 11.6 Å². The van der Waals surface area contributed by atoms with E-state index in [9.17, 15) is 0 Å². The SMILES string of the molecule is CCCNc1nc(CC)nc(NCCCOCC)c1C. The Balaban J connectivity index is 2.67. The lowest BCUT2D eigenvalue weighted by Crippen LogP contribution is -2.13. The molecular weight excluding hydrogens is 252 g/mol. The van der Waals surface area contributed by atoms with Crippen LogP contribution in [0.3, 0.4) is 0 Å². The van der Waals surface area contributed by atoms with Crippen LogP contribution in [0.5, 0.6) is 0 Å². The molecule has 0 aliphatic heterocycles. The van der Waals surface area contributed by atoms with Gasteiger partial charge in [0.2, 0.25) is 0 Å². The Morgan fingerprint density at radius 3 is 2.20 bits per heavy atom. The molecule has 5 heteroatoms. The summed E-state index contributed by atoms with van der Waals surface area (Å²) in [6.45, 7) is 11.7. The number of aryl methyl sites for hydroxylation is 1. The predicted molar refractivity (Wildman–Crippen MR) is 84.5 cm³/mol. The molecule has 0 aromatic carbocycles. The number of anilines is 2. The maximum absolute atomic E-state index is 5.34. The van der Waals surface area contributed by atoms with Crippen molar-refractivity contribution in [2.45, 2.75) is 47.0 Å². The quantitative estimate of drug-likeness (QED) is 0.645. The van der Waals surface area contributed by atoms with Crippen molar-refractivity contribution in [1.82, 2.24) is 9.97 Å². The first-order valence-electron chi connectivity index (χ1n) is 7.65. The van der Waals surface area contributed by atoms with Crippen molar-refractivity contribution in [1.29, 1.82) is 0 Å².